The van der Waals surface area contributed by atoms with Gasteiger partial charge in [0.15, 0.2) is 5.96 Å². The number of hydrogen-bond acceptors (Lipinski definition) is 8. The van der Waals surface area contributed by atoms with Crippen LogP contribution in [0, 0.1) is 10.1 Å². The topological polar surface area (TPSA) is 203 Å². The van der Waals surface area contributed by atoms with Gasteiger partial charge in [0.1, 0.15) is 11.6 Å². The fraction of sp³-hybridized carbons (Fsp3) is 0.438. The van der Waals surface area contributed by atoms with Crippen LogP contribution in [0.2, 0.25) is 0 Å². The molecule has 0 radical (unpaired) electrons. The fourth-order valence-electron chi connectivity index (χ4n) is 2.21. The van der Waals surface area contributed by atoms with Gasteiger partial charge in [-0.05, 0) is 18.9 Å². The summed E-state index contributed by atoms with van der Waals surface area (Å²) in [5.74, 6) is -2.43. The van der Waals surface area contributed by atoms with Crippen molar-refractivity contribution in [3.63, 3.8) is 0 Å². The van der Waals surface area contributed by atoms with Crippen molar-refractivity contribution < 1.29 is 19.2 Å². The molecule has 0 aliphatic rings. The van der Waals surface area contributed by atoms with Gasteiger partial charge in [-0.1, -0.05) is 30.3 Å². The van der Waals surface area contributed by atoms with Crippen molar-refractivity contribution >= 4 is 17.9 Å². The molecule has 1 unspecified atom stereocenters. The van der Waals surface area contributed by atoms with Crippen LogP contribution in [0.4, 0.5) is 0 Å². The van der Waals surface area contributed by atoms with E-state index in [9.17, 15) is 19.7 Å². The lowest BCUT2D eigenvalue weighted by atomic mass is 9.94. The van der Waals surface area contributed by atoms with Gasteiger partial charge in [-0.2, -0.15) is 4.99 Å². The first-order chi connectivity index (χ1) is 12.5. The molecule has 8 N–H and O–H groups in total. The third kappa shape index (κ3) is 7.38. The van der Waals surface area contributed by atoms with Crippen molar-refractivity contribution in [2.45, 2.75) is 43.9 Å². The van der Waals surface area contributed by atoms with Crippen molar-refractivity contribution in [1.82, 2.24) is 0 Å². The quantitative estimate of drug-likeness (QED) is 0.103. The van der Waals surface area contributed by atoms with E-state index in [-0.39, 0.29) is 19.3 Å². The van der Waals surface area contributed by atoms with E-state index in [1.54, 1.807) is 24.3 Å². The van der Waals surface area contributed by atoms with E-state index in [1.165, 1.54) is 6.92 Å². The van der Waals surface area contributed by atoms with Crippen LogP contribution in [0.25, 0.3) is 0 Å². The average Bonchev–Trinajstić information content (AvgIpc) is 2.58. The summed E-state index contributed by atoms with van der Waals surface area (Å²) in [5.41, 5.74) is 21.2. The molecule has 0 amide bonds. The number of carbonyl (C=O) groups excluding carboxylic acids is 2. The number of ether oxygens (including phenoxy) is 1. The van der Waals surface area contributed by atoms with Crippen LogP contribution in [0.1, 0.15) is 25.3 Å². The Morgan fingerprint density at radius 2 is 1.85 bits per heavy atom. The third-order valence-electron chi connectivity index (χ3n) is 3.65. The number of nitro groups is 1. The first kappa shape index (κ1) is 22.0. The second kappa shape index (κ2) is 9.59. The van der Waals surface area contributed by atoms with Crippen LogP contribution in [-0.4, -0.2) is 40.6 Å². The molecule has 11 heteroatoms. The number of hydrogen-bond donors (Lipinski definition) is 4. The second-order valence-corrected chi connectivity index (χ2v) is 6.29. The van der Waals surface area contributed by atoms with E-state index >= 15 is 0 Å². The monoisotopic (exact) mass is 380 g/mol. The molecule has 148 valence electrons. The molecule has 0 aliphatic carbocycles. The maximum absolute atomic E-state index is 12.2. The molecular formula is C16H24N6O5. The smallest absolute Gasteiger partial charge is 0.333 e. The number of rotatable bonds is 9. The Bertz CT molecular complexity index is 703. The minimum absolute atomic E-state index is 0.156. The van der Waals surface area contributed by atoms with E-state index in [1.807, 2.05) is 6.07 Å². The van der Waals surface area contributed by atoms with Gasteiger partial charge < -0.3 is 27.7 Å². The number of guanidine groups is 1. The van der Waals surface area contributed by atoms with Gasteiger partial charge in [0.2, 0.25) is 0 Å². The average molecular weight is 380 g/mol. The molecule has 0 fully saturated rings. The summed E-state index contributed by atoms with van der Waals surface area (Å²) >= 11 is 0. The highest BCUT2D eigenvalue weighted by Crippen LogP contribution is 2.13. The highest BCUT2D eigenvalue weighted by atomic mass is 16.6. The summed E-state index contributed by atoms with van der Waals surface area (Å²) in [5, 5.41) is 10.9. The lowest BCUT2D eigenvalue weighted by Crippen LogP contribution is -2.50. The van der Waals surface area contributed by atoms with Crippen molar-refractivity contribution in [2.75, 3.05) is 0 Å². The number of esters is 2. The first-order valence-corrected chi connectivity index (χ1v) is 8.09. The molecule has 0 spiro atoms. The Hall–Kier alpha value is -3.05. The lowest BCUT2D eigenvalue weighted by molar-refractivity contribution is -0.521. The minimum Gasteiger partial charge on any atom is -0.391 e. The Labute approximate surface area is 155 Å². The molecule has 27 heavy (non-hydrogen) atoms. The van der Waals surface area contributed by atoms with Crippen LogP contribution in [-0.2, 0) is 20.7 Å². The molecule has 1 rings (SSSR count). The fourth-order valence-corrected chi connectivity index (χ4v) is 2.21. The Morgan fingerprint density at radius 3 is 2.37 bits per heavy atom. The Morgan fingerprint density at radius 1 is 1.26 bits per heavy atom. The van der Waals surface area contributed by atoms with Gasteiger partial charge in [0, 0.05) is 17.8 Å². The largest absolute Gasteiger partial charge is 0.391 e. The first-order valence-electron chi connectivity index (χ1n) is 8.09. The molecule has 0 saturated carbocycles. The second-order valence-electron chi connectivity index (χ2n) is 6.29. The molecule has 1 aromatic rings. The molecule has 0 aliphatic heterocycles. The van der Waals surface area contributed by atoms with Crippen LogP contribution >= 0.6 is 0 Å². The number of nitrogens with zero attached hydrogens (tertiary/aromatic N) is 2. The molecule has 0 aromatic heterocycles. The van der Waals surface area contributed by atoms with Crippen molar-refractivity contribution in [1.29, 1.82) is 0 Å². The van der Waals surface area contributed by atoms with Crippen LogP contribution in [0.3, 0.4) is 0 Å². The van der Waals surface area contributed by atoms with Crippen molar-refractivity contribution in [2.24, 2.45) is 27.9 Å². The van der Waals surface area contributed by atoms with E-state index in [0.29, 0.717) is 0 Å². The molecular weight excluding hydrogens is 356 g/mol. The highest BCUT2D eigenvalue weighted by Gasteiger charge is 2.34. The molecule has 0 saturated heterocycles. The summed E-state index contributed by atoms with van der Waals surface area (Å²) < 4.78 is 4.74. The van der Waals surface area contributed by atoms with Gasteiger partial charge in [0.05, 0.1) is 0 Å². The highest BCUT2D eigenvalue weighted by molar-refractivity contribution is 5.92. The standard InChI is InChI=1S/C16H24N6O5/c1-16(20,9-10-5-3-2-4-6-10)14(24)27-13(23)11(17)7-8-12(22(25)26)21-15(18)19/h2-6,11-12H,7-9,17,20H2,1H3,(H4,18,19,21)/t11-,12?,16-/m0/s1. The Kier molecular flexibility index (Phi) is 7.81. The van der Waals surface area contributed by atoms with E-state index in [4.69, 9.17) is 27.7 Å². The van der Waals surface area contributed by atoms with Crippen molar-refractivity contribution in [3.8, 4) is 0 Å². The summed E-state index contributed by atoms with van der Waals surface area (Å²) in [4.78, 5) is 37.8. The number of nitrogens with two attached hydrogens (primary N) is 4. The predicted octanol–water partition coefficient (Wildman–Crippen LogP) is -1.000. The number of aliphatic imine (C=N–C) groups is 1. The summed E-state index contributed by atoms with van der Waals surface area (Å²) in [6.45, 7) is 1.43. The molecule has 0 bridgehead atoms. The van der Waals surface area contributed by atoms with E-state index < -0.39 is 40.6 Å². The number of benzene rings is 1. The van der Waals surface area contributed by atoms with Gasteiger partial charge in [-0.15, -0.1) is 0 Å². The predicted molar refractivity (Wildman–Crippen MR) is 97.6 cm³/mol. The SMILES string of the molecule is C[C@](N)(Cc1ccccc1)C(=O)OC(=O)[C@@H](N)CCC(N=C(N)N)[N+](=O)[O-]. The molecule has 1 aromatic carbocycles. The molecule has 0 heterocycles. The summed E-state index contributed by atoms with van der Waals surface area (Å²) in [7, 11) is 0. The van der Waals surface area contributed by atoms with Gasteiger partial charge >= 0.3 is 18.1 Å². The zero-order valence-electron chi connectivity index (χ0n) is 14.9. The maximum Gasteiger partial charge on any atom is 0.333 e. The van der Waals surface area contributed by atoms with Crippen LogP contribution < -0.4 is 22.9 Å². The maximum atomic E-state index is 12.2. The van der Waals surface area contributed by atoms with Crippen LogP contribution in [0.5, 0.6) is 0 Å². The lowest BCUT2D eigenvalue weighted by Gasteiger charge is -2.22. The molecule has 3 atom stereocenters. The molecule has 11 nitrogen and oxygen atoms in total. The van der Waals surface area contributed by atoms with Crippen LogP contribution in [0.15, 0.2) is 35.3 Å². The van der Waals surface area contributed by atoms with E-state index in [0.717, 1.165) is 5.56 Å². The van der Waals surface area contributed by atoms with Gasteiger partial charge in [-0.3, -0.25) is 10.1 Å². The zero-order valence-corrected chi connectivity index (χ0v) is 14.9. The van der Waals surface area contributed by atoms with Crippen molar-refractivity contribution in [3.05, 3.63) is 46.0 Å². The zero-order chi connectivity index (χ0) is 20.6. The van der Waals surface area contributed by atoms with Gasteiger partial charge in [-0.25, -0.2) is 9.59 Å². The van der Waals surface area contributed by atoms with Gasteiger partial charge in [0.25, 0.3) is 0 Å². The summed E-state index contributed by atoms with van der Waals surface area (Å²) in [6, 6.07) is 7.71. The minimum atomic E-state index is -1.45. The normalized spacial score (nSPS) is 15.1. The van der Waals surface area contributed by atoms with E-state index in [2.05, 4.69) is 4.99 Å². The summed E-state index contributed by atoms with van der Waals surface area (Å²) in [6.07, 6.45) is -1.65. The Balaban J connectivity index is 2.61. The number of carbonyl (C=O) groups is 2. The third-order valence-corrected chi connectivity index (χ3v) is 3.65.